The van der Waals surface area contributed by atoms with Crippen LogP contribution in [0.3, 0.4) is 0 Å². The minimum atomic E-state index is -0.436. The SMILES string of the molecule is CCCCCC(O)c1cc(Br)ccc1N. The smallest absolute Gasteiger partial charge is 0.0810 e. The van der Waals surface area contributed by atoms with E-state index in [-0.39, 0.29) is 0 Å². The summed E-state index contributed by atoms with van der Waals surface area (Å²) in [6.07, 6.45) is 3.72. The largest absolute Gasteiger partial charge is 0.398 e. The maximum Gasteiger partial charge on any atom is 0.0810 e. The standard InChI is InChI=1S/C12H18BrNO/c1-2-3-4-5-12(15)10-8-9(13)6-7-11(10)14/h6-8,12,15H,2-5,14H2,1H3. The van der Waals surface area contributed by atoms with Crippen LogP contribution < -0.4 is 5.73 Å². The normalized spacial score (nSPS) is 12.7. The van der Waals surface area contributed by atoms with Gasteiger partial charge < -0.3 is 10.8 Å². The lowest BCUT2D eigenvalue weighted by Crippen LogP contribution is -2.02. The number of benzene rings is 1. The lowest BCUT2D eigenvalue weighted by Gasteiger charge is -2.13. The number of halogens is 1. The Labute approximate surface area is 99.6 Å². The average molecular weight is 272 g/mol. The third-order valence-electron chi connectivity index (χ3n) is 2.49. The van der Waals surface area contributed by atoms with Crippen LogP contribution in [0, 0.1) is 0 Å². The van der Waals surface area contributed by atoms with Gasteiger partial charge in [0, 0.05) is 15.7 Å². The fourth-order valence-corrected chi connectivity index (χ4v) is 1.96. The first-order valence-corrected chi connectivity index (χ1v) is 6.17. The number of nitrogen functional groups attached to an aromatic ring is 1. The molecule has 1 unspecified atom stereocenters. The van der Waals surface area contributed by atoms with Gasteiger partial charge >= 0.3 is 0 Å². The summed E-state index contributed by atoms with van der Waals surface area (Å²) in [5, 5.41) is 9.95. The second-order valence-corrected chi connectivity index (χ2v) is 4.70. The Hall–Kier alpha value is -0.540. The molecule has 0 amide bonds. The fraction of sp³-hybridized carbons (Fsp3) is 0.500. The number of unbranched alkanes of at least 4 members (excludes halogenated alkanes) is 2. The fourth-order valence-electron chi connectivity index (χ4n) is 1.58. The minimum absolute atomic E-state index is 0.436. The number of hydrogen-bond acceptors (Lipinski definition) is 2. The number of rotatable bonds is 5. The van der Waals surface area contributed by atoms with Crippen molar-refractivity contribution >= 4 is 21.6 Å². The molecule has 0 aliphatic carbocycles. The molecule has 0 aliphatic heterocycles. The van der Waals surface area contributed by atoms with Crippen molar-refractivity contribution in [2.45, 2.75) is 38.7 Å². The Kier molecular flexibility index (Phi) is 5.12. The minimum Gasteiger partial charge on any atom is -0.398 e. The maximum atomic E-state index is 9.95. The van der Waals surface area contributed by atoms with E-state index in [1.807, 2.05) is 18.2 Å². The summed E-state index contributed by atoms with van der Waals surface area (Å²) in [6.45, 7) is 2.15. The molecular formula is C12H18BrNO. The van der Waals surface area contributed by atoms with Crippen LogP contribution in [-0.2, 0) is 0 Å². The molecule has 1 aromatic rings. The zero-order valence-corrected chi connectivity index (χ0v) is 10.6. The summed E-state index contributed by atoms with van der Waals surface area (Å²) in [6, 6.07) is 5.60. The third-order valence-corrected chi connectivity index (χ3v) is 2.98. The van der Waals surface area contributed by atoms with Crippen LogP contribution in [0.2, 0.25) is 0 Å². The Bertz CT molecular complexity index is 314. The van der Waals surface area contributed by atoms with Crippen molar-refractivity contribution in [2.75, 3.05) is 5.73 Å². The van der Waals surface area contributed by atoms with Crippen molar-refractivity contribution in [2.24, 2.45) is 0 Å². The predicted molar refractivity (Wildman–Crippen MR) is 67.7 cm³/mol. The number of aliphatic hydroxyl groups is 1. The second-order valence-electron chi connectivity index (χ2n) is 3.78. The van der Waals surface area contributed by atoms with Gasteiger partial charge in [0.1, 0.15) is 0 Å². The van der Waals surface area contributed by atoms with E-state index in [1.54, 1.807) is 0 Å². The number of anilines is 1. The van der Waals surface area contributed by atoms with E-state index in [0.29, 0.717) is 5.69 Å². The lowest BCUT2D eigenvalue weighted by atomic mass is 10.0. The van der Waals surface area contributed by atoms with E-state index in [2.05, 4.69) is 22.9 Å². The molecule has 0 aromatic heterocycles. The van der Waals surface area contributed by atoms with Crippen LogP contribution >= 0.6 is 15.9 Å². The van der Waals surface area contributed by atoms with Gasteiger partial charge in [-0.1, -0.05) is 42.1 Å². The van der Waals surface area contributed by atoms with Gasteiger partial charge in [0.2, 0.25) is 0 Å². The van der Waals surface area contributed by atoms with Gasteiger partial charge in [-0.05, 0) is 24.6 Å². The molecule has 0 bridgehead atoms. The van der Waals surface area contributed by atoms with Crippen LogP contribution in [0.1, 0.15) is 44.3 Å². The van der Waals surface area contributed by atoms with Crippen molar-refractivity contribution in [3.63, 3.8) is 0 Å². The molecule has 84 valence electrons. The number of aliphatic hydroxyl groups excluding tert-OH is 1. The zero-order chi connectivity index (χ0) is 11.3. The maximum absolute atomic E-state index is 9.95. The van der Waals surface area contributed by atoms with Crippen molar-refractivity contribution in [3.05, 3.63) is 28.2 Å². The zero-order valence-electron chi connectivity index (χ0n) is 9.04. The highest BCUT2D eigenvalue weighted by Gasteiger charge is 2.10. The molecule has 0 saturated heterocycles. The molecule has 1 aromatic carbocycles. The first-order chi connectivity index (χ1) is 7.15. The molecule has 0 fully saturated rings. The van der Waals surface area contributed by atoms with Crippen molar-refractivity contribution in [1.29, 1.82) is 0 Å². The molecule has 0 aliphatic rings. The predicted octanol–water partition coefficient (Wildman–Crippen LogP) is 3.65. The summed E-state index contributed by atoms with van der Waals surface area (Å²) in [4.78, 5) is 0. The highest BCUT2D eigenvalue weighted by molar-refractivity contribution is 9.10. The Morgan fingerprint density at radius 1 is 1.40 bits per heavy atom. The van der Waals surface area contributed by atoms with E-state index >= 15 is 0 Å². The van der Waals surface area contributed by atoms with E-state index in [1.165, 1.54) is 6.42 Å². The molecule has 3 N–H and O–H groups in total. The van der Waals surface area contributed by atoms with Crippen molar-refractivity contribution in [3.8, 4) is 0 Å². The molecule has 0 spiro atoms. The topological polar surface area (TPSA) is 46.2 Å². The molecule has 0 saturated carbocycles. The first kappa shape index (κ1) is 12.5. The summed E-state index contributed by atoms with van der Waals surface area (Å²) >= 11 is 3.38. The van der Waals surface area contributed by atoms with Crippen molar-refractivity contribution < 1.29 is 5.11 Å². The van der Waals surface area contributed by atoms with E-state index < -0.39 is 6.10 Å². The van der Waals surface area contributed by atoms with Gasteiger partial charge in [-0.3, -0.25) is 0 Å². The monoisotopic (exact) mass is 271 g/mol. The van der Waals surface area contributed by atoms with Gasteiger partial charge in [-0.15, -0.1) is 0 Å². The summed E-state index contributed by atoms with van der Waals surface area (Å²) in [5.74, 6) is 0. The summed E-state index contributed by atoms with van der Waals surface area (Å²) in [7, 11) is 0. The Morgan fingerprint density at radius 2 is 2.13 bits per heavy atom. The molecule has 0 radical (unpaired) electrons. The molecule has 15 heavy (non-hydrogen) atoms. The van der Waals surface area contributed by atoms with Gasteiger partial charge in [-0.25, -0.2) is 0 Å². The highest BCUT2D eigenvalue weighted by atomic mass is 79.9. The lowest BCUT2D eigenvalue weighted by molar-refractivity contribution is 0.164. The molecular weight excluding hydrogens is 254 g/mol. The van der Waals surface area contributed by atoms with E-state index in [4.69, 9.17) is 5.73 Å². The van der Waals surface area contributed by atoms with Crippen LogP contribution in [0.25, 0.3) is 0 Å². The van der Waals surface area contributed by atoms with Crippen molar-refractivity contribution in [1.82, 2.24) is 0 Å². The van der Waals surface area contributed by atoms with Gasteiger partial charge in [0.25, 0.3) is 0 Å². The number of nitrogens with two attached hydrogens (primary N) is 1. The van der Waals surface area contributed by atoms with Crippen LogP contribution in [0.4, 0.5) is 5.69 Å². The van der Waals surface area contributed by atoms with Gasteiger partial charge in [0.05, 0.1) is 6.10 Å². The molecule has 2 nitrogen and oxygen atoms in total. The summed E-state index contributed by atoms with van der Waals surface area (Å²) in [5.41, 5.74) is 7.32. The Balaban J connectivity index is 2.64. The van der Waals surface area contributed by atoms with Crippen LogP contribution in [0.5, 0.6) is 0 Å². The quantitative estimate of drug-likeness (QED) is 0.635. The van der Waals surface area contributed by atoms with Crippen LogP contribution in [0.15, 0.2) is 22.7 Å². The Morgan fingerprint density at radius 3 is 2.80 bits per heavy atom. The highest BCUT2D eigenvalue weighted by Crippen LogP contribution is 2.27. The van der Waals surface area contributed by atoms with E-state index in [0.717, 1.165) is 29.3 Å². The average Bonchev–Trinajstić information content (AvgIpc) is 2.22. The molecule has 1 atom stereocenters. The van der Waals surface area contributed by atoms with Gasteiger partial charge in [0.15, 0.2) is 0 Å². The van der Waals surface area contributed by atoms with E-state index in [9.17, 15) is 5.11 Å². The second kappa shape index (κ2) is 6.13. The van der Waals surface area contributed by atoms with Crippen LogP contribution in [-0.4, -0.2) is 5.11 Å². The third kappa shape index (κ3) is 3.84. The molecule has 1 rings (SSSR count). The molecule has 3 heteroatoms. The first-order valence-electron chi connectivity index (χ1n) is 5.38. The van der Waals surface area contributed by atoms with Gasteiger partial charge in [-0.2, -0.15) is 0 Å². The number of hydrogen-bond donors (Lipinski definition) is 2. The molecule has 0 heterocycles. The summed E-state index contributed by atoms with van der Waals surface area (Å²) < 4.78 is 0.959.